The van der Waals surface area contributed by atoms with Gasteiger partial charge in [0.05, 0.1) is 0 Å². The van der Waals surface area contributed by atoms with Crippen molar-refractivity contribution in [2.45, 2.75) is 63.5 Å². The first-order valence-corrected chi connectivity index (χ1v) is 9.60. The van der Waals surface area contributed by atoms with Gasteiger partial charge in [-0.1, -0.05) is 0 Å². The number of amides is 4. The predicted molar refractivity (Wildman–Crippen MR) is 98.0 cm³/mol. The zero-order valence-electron chi connectivity index (χ0n) is 16.0. The van der Waals surface area contributed by atoms with Gasteiger partial charge in [0, 0.05) is 24.7 Å². The molecule has 0 aromatic carbocycles. The zero-order valence-corrected chi connectivity index (χ0v) is 16.0. The van der Waals surface area contributed by atoms with Crippen molar-refractivity contribution >= 4 is 35.6 Å². The van der Waals surface area contributed by atoms with Crippen LogP contribution in [0, 0.1) is 11.8 Å². The molecule has 2 fully saturated rings. The number of rotatable bonds is 8. The number of ketones is 2. The van der Waals surface area contributed by atoms with E-state index in [0.717, 1.165) is 0 Å². The molecule has 2 rings (SSSR count). The van der Waals surface area contributed by atoms with Crippen LogP contribution in [0.3, 0.4) is 0 Å². The summed E-state index contributed by atoms with van der Waals surface area (Å²) in [6, 6.07) is -4.59. The quantitative estimate of drug-likeness (QED) is 0.311. The highest BCUT2D eigenvalue weighted by molar-refractivity contribution is 5.95. The fourth-order valence-electron chi connectivity index (χ4n) is 3.86. The van der Waals surface area contributed by atoms with Gasteiger partial charge in [0.25, 0.3) is 0 Å². The van der Waals surface area contributed by atoms with E-state index in [4.69, 9.17) is 16.2 Å². The average molecular weight is 410 g/mol. The lowest BCUT2D eigenvalue weighted by Gasteiger charge is -2.22. The number of nitrogens with one attached hydrogen (secondary N) is 2. The smallest absolute Gasteiger partial charge is 0.336 e. The van der Waals surface area contributed by atoms with Crippen molar-refractivity contribution in [3.05, 3.63) is 0 Å². The Bertz CT molecular complexity index is 650. The number of carbonyl (C=O) groups excluding carboxylic acids is 6. The topological polar surface area (TPSA) is 188 Å². The molecule has 6 N–H and O–H groups in total. The van der Waals surface area contributed by atoms with E-state index in [0.29, 0.717) is 38.5 Å². The minimum Gasteiger partial charge on any atom is -0.390 e. The van der Waals surface area contributed by atoms with E-state index in [2.05, 4.69) is 10.6 Å². The lowest BCUT2D eigenvalue weighted by Crippen LogP contribution is -2.50. The molecule has 0 radical (unpaired) electrons. The van der Waals surface area contributed by atoms with Crippen LogP contribution in [0.4, 0.5) is 9.59 Å². The Kier molecular flexibility index (Phi) is 7.68. The number of carbonyl (C=O) groups is 6. The van der Waals surface area contributed by atoms with Crippen LogP contribution in [-0.4, -0.2) is 47.7 Å². The highest BCUT2D eigenvalue weighted by Gasteiger charge is 2.36. The van der Waals surface area contributed by atoms with Crippen LogP contribution < -0.4 is 22.1 Å². The van der Waals surface area contributed by atoms with Gasteiger partial charge in [-0.15, -0.1) is 0 Å². The zero-order chi connectivity index (χ0) is 21.6. The largest absolute Gasteiger partial charge is 0.390 e. The van der Waals surface area contributed by atoms with Crippen molar-refractivity contribution in [2.75, 3.05) is 0 Å². The molecule has 0 aromatic heterocycles. The standard InChI is InChI=1S/C18H26N4O7/c19-17(27)21-11(7-9-3-1-5-13(9)23)15(25)29-16(26)12(22-18(20)28)8-10-4-2-6-14(10)24/h9-12H,1-8H2,(H3,19,21,27)(H3,20,22,28). The lowest BCUT2D eigenvalue weighted by atomic mass is 9.97. The van der Waals surface area contributed by atoms with Crippen LogP contribution >= 0.6 is 0 Å². The van der Waals surface area contributed by atoms with E-state index in [1.165, 1.54) is 0 Å². The third-order valence-electron chi connectivity index (χ3n) is 5.31. The van der Waals surface area contributed by atoms with E-state index in [1.54, 1.807) is 0 Å². The molecule has 2 aliphatic carbocycles. The van der Waals surface area contributed by atoms with Gasteiger partial charge in [-0.2, -0.15) is 0 Å². The van der Waals surface area contributed by atoms with Gasteiger partial charge in [0.1, 0.15) is 23.7 Å². The van der Waals surface area contributed by atoms with E-state index in [1.807, 2.05) is 0 Å². The Morgan fingerprint density at radius 3 is 1.48 bits per heavy atom. The number of hydrogen-bond donors (Lipinski definition) is 4. The molecule has 0 saturated heterocycles. The summed E-state index contributed by atoms with van der Waals surface area (Å²) < 4.78 is 4.83. The van der Waals surface area contributed by atoms with Crippen molar-refractivity contribution in [1.82, 2.24) is 10.6 Å². The summed E-state index contributed by atoms with van der Waals surface area (Å²) in [7, 11) is 0. The third-order valence-corrected chi connectivity index (χ3v) is 5.31. The second kappa shape index (κ2) is 9.99. The Labute approximate surface area is 167 Å². The minimum atomic E-state index is -1.29. The molecule has 0 heterocycles. The number of Topliss-reactive ketones (excluding diaryl/α,β-unsaturated/α-hetero) is 2. The molecule has 4 amide bonds. The summed E-state index contributed by atoms with van der Waals surface area (Å²) in [6.45, 7) is 0. The normalized spacial score (nSPS) is 23.3. The maximum absolute atomic E-state index is 12.4. The lowest BCUT2D eigenvalue weighted by molar-refractivity contribution is -0.162. The maximum atomic E-state index is 12.4. The van der Waals surface area contributed by atoms with E-state index in [-0.39, 0.29) is 24.4 Å². The van der Waals surface area contributed by atoms with E-state index < -0.39 is 47.9 Å². The molecular formula is C18H26N4O7. The number of nitrogens with two attached hydrogens (primary N) is 2. The first-order chi connectivity index (χ1) is 13.7. The third kappa shape index (κ3) is 6.54. The van der Waals surface area contributed by atoms with Gasteiger partial charge in [-0.3, -0.25) is 9.59 Å². The Balaban J connectivity index is 2.04. The Morgan fingerprint density at radius 2 is 1.21 bits per heavy atom. The number of urea groups is 2. The van der Waals surface area contributed by atoms with Crippen molar-refractivity contribution in [2.24, 2.45) is 23.3 Å². The molecule has 160 valence electrons. The highest BCUT2D eigenvalue weighted by atomic mass is 16.6. The fraction of sp³-hybridized carbons (Fsp3) is 0.667. The van der Waals surface area contributed by atoms with E-state index in [9.17, 15) is 28.8 Å². The maximum Gasteiger partial charge on any atom is 0.336 e. The molecule has 2 saturated carbocycles. The summed E-state index contributed by atoms with van der Waals surface area (Å²) in [5, 5.41) is 4.37. The van der Waals surface area contributed by atoms with Crippen LogP contribution in [0.1, 0.15) is 51.4 Å². The summed E-state index contributed by atoms with van der Waals surface area (Å²) in [5.74, 6) is -3.14. The Morgan fingerprint density at radius 1 is 0.828 bits per heavy atom. The predicted octanol–water partition coefficient (Wildman–Crippen LogP) is -0.351. The first-order valence-electron chi connectivity index (χ1n) is 9.60. The summed E-state index contributed by atoms with van der Waals surface area (Å²) >= 11 is 0. The number of ether oxygens (including phenoxy) is 1. The summed E-state index contributed by atoms with van der Waals surface area (Å²) in [5.41, 5.74) is 10.2. The molecule has 0 bridgehead atoms. The van der Waals surface area contributed by atoms with Crippen LogP contribution in [0.25, 0.3) is 0 Å². The monoisotopic (exact) mass is 410 g/mol. The molecule has 11 nitrogen and oxygen atoms in total. The average Bonchev–Trinajstić information content (AvgIpc) is 3.21. The van der Waals surface area contributed by atoms with Gasteiger partial charge in [-0.25, -0.2) is 19.2 Å². The molecule has 2 aliphatic rings. The van der Waals surface area contributed by atoms with Crippen LogP contribution in [-0.2, 0) is 23.9 Å². The highest BCUT2D eigenvalue weighted by Crippen LogP contribution is 2.27. The molecule has 0 aliphatic heterocycles. The minimum absolute atomic E-state index is 0.0339. The SMILES string of the molecule is NC(=O)NC(CC1CCCC1=O)C(=O)OC(=O)C(CC1CCCC1=O)NC(N)=O. The molecule has 0 aromatic rings. The van der Waals surface area contributed by atoms with Crippen molar-refractivity contribution < 1.29 is 33.5 Å². The van der Waals surface area contributed by atoms with Gasteiger partial charge >= 0.3 is 24.0 Å². The molecule has 11 heteroatoms. The van der Waals surface area contributed by atoms with Crippen LogP contribution in [0.2, 0.25) is 0 Å². The van der Waals surface area contributed by atoms with Gasteiger partial charge in [-0.05, 0) is 38.5 Å². The summed E-state index contributed by atoms with van der Waals surface area (Å²) in [4.78, 5) is 71.0. The molecule has 4 unspecified atom stereocenters. The van der Waals surface area contributed by atoms with Gasteiger partial charge < -0.3 is 26.8 Å². The van der Waals surface area contributed by atoms with Crippen LogP contribution in [0.15, 0.2) is 0 Å². The molecule has 29 heavy (non-hydrogen) atoms. The molecule has 4 atom stereocenters. The van der Waals surface area contributed by atoms with Crippen LogP contribution in [0.5, 0.6) is 0 Å². The van der Waals surface area contributed by atoms with Crippen molar-refractivity contribution in [3.63, 3.8) is 0 Å². The van der Waals surface area contributed by atoms with E-state index >= 15 is 0 Å². The van der Waals surface area contributed by atoms with Gasteiger partial charge in [0.2, 0.25) is 0 Å². The number of esters is 2. The van der Waals surface area contributed by atoms with Gasteiger partial charge in [0.15, 0.2) is 0 Å². The van der Waals surface area contributed by atoms with Crippen molar-refractivity contribution in [3.8, 4) is 0 Å². The molecule has 0 spiro atoms. The fourth-order valence-corrected chi connectivity index (χ4v) is 3.86. The first kappa shape index (κ1) is 22.3. The second-order valence-electron chi connectivity index (χ2n) is 7.44. The number of primary amides is 2. The Hall–Kier alpha value is -2.98. The second-order valence-corrected chi connectivity index (χ2v) is 7.44. The number of hydrogen-bond acceptors (Lipinski definition) is 7. The summed E-state index contributed by atoms with van der Waals surface area (Å²) in [6.07, 6.45) is 3.19. The van der Waals surface area contributed by atoms with Crippen molar-refractivity contribution in [1.29, 1.82) is 0 Å². The molecular weight excluding hydrogens is 384 g/mol.